The van der Waals surface area contributed by atoms with Gasteiger partial charge in [0.25, 0.3) is 5.91 Å². The number of nitrogens with one attached hydrogen (secondary N) is 1. The molecule has 3 amide bonds. The Bertz CT molecular complexity index is 573. The minimum atomic E-state index is -2.64. The summed E-state index contributed by atoms with van der Waals surface area (Å²) in [6.07, 6.45) is 2.53. The Morgan fingerprint density at radius 2 is 2.09 bits per heavy atom. The Kier molecular flexibility index (Phi) is 4.45. The van der Waals surface area contributed by atoms with Crippen LogP contribution in [0.3, 0.4) is 0 Å². The molecule has 2 rings (SSSR count). The van der Waals surface area contributed by atoms with Crippen LogP contribution in [0.2, 0.25) is 0 Å². The van der Waals surface area contributed by atoms with Gasteiger partial charge in [-0.05, 0) is 20.9 Å². The molecule has 22 heavy (non-hydrogen) atoms. The zero-order valence-corrected chi connectivity index (χ0v) is 12.7. The average molecular weight is 315 g/mol. The summed E-state index contributed by atoms with van der Waals surface area (Å²) < 4.78 is 26.2. The number of halogens is 2. The highest BCUT2D eigenvalue weighted by molar-refractivity contribution is 6.06. The maximum absolute atomic E-state index is 12.7. The number of hydrogen-bond acceptors (Lipinski definition) is 4. The molecule has 1 saturated heterocycles. The highest BCUT2D eigenvalue weighted by Crippen LogP contribution is 2.17. The lowest BCUT2D eigenvalue weighted by molar-refractivity contribution is -0.130. The summed E-state index contributed by atoms with van der Waals surface area (Å²) in [7, 11) is 1.72. The van der Waals surface area contributed by atoms with Gasteiger partial charge in [0.1, 0.15) is 11.4 Å². The van der Waals surface area contributed by atoms with Gasteiger partial charge in [-0.25, -0.2) is 9.78 Å². The quantitative estimate of drug-likeness (QED) is 0.796. The van der Waals surface area contributed by atoms with Gasteiger partial charge in [0, 0.05) is 25.5 Å². The molecule has 7 nitrogen and oxygen atoms in total. The maximum Gasteiger partial charge on any atom is 0.325 e. The van der Waals surface area contributed by atoms with E-state index in [1.54, 1.807) is 25.8 Å². The van der Waals surface area contributed by atoms with Crippen LogP contribution < -0.4 is 5.32 Å². The van der Waals surface area contributed by atoms with Crippen LogP contribution in [0.4, 0.5) is 13.6 Å². The molecular weight excluding hydrogens is 296 g/mol. The number of imide groups is 1. The molecule has 1 aliphatic rings. The molecule has 1 aromatic heterocycles. The van der Waals surface area contributed by atoms with E-state index < -0.39 is 18.1 Å². The predicted molar refractivity (Wildman–Crippen MR) is 74.1 cm³/mol. The molecule has 122 valence electrons. The first-order valence-corrected chi connectivity index (χ1v) is 6.85. The van der Waals surface area contributed by atoms with Gasteiger partial charge in [0.2, 0.25) is 0 Å². The summed E-state index contributed by atoms with van der Waals surface area (Å²) in [5.74, 6) is -0.0602. The second kappa shape index (κ2) is 5.99. The summed E-state index contributed by atoms with van der Waals surface area (Å²) in [6.45, 7) is 1.39. The minimum Gasteiger partial charge on any atom is -0.324 e. The van der Waals surface area contributed by atoms with E-state index in [0.29, 0.717) is 6.54 Å². The van der Waals surface area contributed by atoms with E-state index in [9.17, 15) is 18.4 Å². The smallest absolute Gasteiger partial charge is 0.324 e. The summed E-state index contributed by atoms with van der Waals surface area (Å²) >= 11 is 0. The van der Waals surface area contributed by atoms with Gasteiger partial charge in [-0.3, -0.25) is 19.2 Å². The first kappa shape index (κ1) is 16.3. The molecular formula is C13H19F2N5O2. The van der Waals surface area contributed by atoms with Crippen molar-refractivity contribution in [3.8, 4) is 0 Å². The fourth-order valence-corrected chi connectivity index (χ4v) is 2.26. The van der Waals surface area contributed by atoms with Crippen LogP contribution in [0.25, 0.3) is 0 Å². The van der Waals surface area contributed by atoms with Crippen molar-refractivity contribution in [2.24, 2.45) is 0 Å². The number of carbonyl (C=O) groups is 2. The van der Waals surface area contributed by atoms with Crippen molar-refractivity contribution < 1.29 is 18.4 Å². The second-order valence-corrected chi connectivity index (χ2v) is 5.78. The lowest BCUT2D eigenvalue weighted by atomic mass is 10.1. The zero-order chi connectivity index (χ0) is 16.5. The Morgan fingerprint density at radius 1 is 1.41 bits per heavy atom. The molecule has 1 N–H and O–H groups in total. The molecule has 0 radical (unpaired) electrons. The normalized spacial score (nSPS) is 17.7. The summed E-state index contributed by atoms with van der Waals surface area (Å²) in [5, 5.41) is 2.59. The van der Waals surface area contributed by atoms with E-state index in [2.05, 4.69) is 10.3 Å². The van der Waals surface area contributed by atoms with Crippen molar-refractivity contribution in [3.05, 3.63) is 18.2 Å². The lowest BCUT2D eigenvalue weighted by Crippen LogP contribution is -2.41. The van der Waals surface area contributed by atoms with Gasteiger partial charge in [-0.1, -0.05) is 0 Å². The topological polar surface area (TPSA) is 70.5 Å². The lowest BCUT2D eigenvalue weighted by Gasteiger charge is -2.21. The fraction of sp³-hybridized carbons (Fsp3) is 0.615. The van der Waals surface area contributed by atoms with E-state index in [1.165, 1.54) is 12.4 Å². The molecule has 0 aromatic carbocycles. The molecule has 0 unspecified atom stereocenters. The number of rotatable bonds is 6. The largest absolute Gasteiger partial charge is 0.325 e. The minimum absolute atomic E-state index is 0.194. The van der Waals surface area contributed by atoms with E-state index in [-0.39, 0.29) is 24.8 Å². The Balaban J connectivity index is 1.91. The number of nitrogens with zero attached hydrogens (tertiary/aromatic N) is 4. The monoisotopic (exact) mass is 315 g/mol. The van der Waals surface area contributed by atoms with Crippen LogP contribution in [-0.4, -0.2) is 57.0 Å². The number of aromatic nitrogens is 2. The number of carbonyl (C=O) groups excluding carboxylic acids is 2. The van der Waals surface area contributed by atoms with Crippen molar-refractivity contribution in [1.82, 2.24) is 24.7 Å². The van der Waals surface area contributed by atoms with Gasteiger partial charge >= 0.3 is 12.6 Å². The van der Waals surface area contributed by atoms with E-state index in [4.69, 9.17) is 0 Å². The van der Waals surface area contributed by atoms with Crippen LogP contribution in [0.1, 0.15) is 26.2 Å². The molecule has 0 spiro atoms. The highest BCUT2D eigenvalue weighted by atomic mass is 19.3. The molecule has 0 aliphatic carbocycles. The molecule has 9 heteroatoms. The van der Waals surface area contributed by atoms with Crippen molar-refractivity contribution >= 4 is 11.9 Å². The standard InChI is InChI=1S/C13H19F2N5O2/c1-13(2)10(21)20(12(22)17-13)7-6-18(3)8-9-16-4-5-19(9)11(14)15/h4-5,11H,6-8H2,1-3H3,(H,17,22). The first-order chi connectivity index (χ1) is 10.2. The van der Waals surface area contributed by atoms with E-state index >= 15 is 0 Å². The fourth-order valence-electron chi connectivity index (χ4n) is 2.26. The zero-order valence-electron chi connectivity index (χ0n) is 12.7. The molecule has 0 bridgehead atoms. The van der Waals surface area contributed by atoms with Crippen molar-refractivity contribution in [2.45, 2.75) is 32.5 Å². The molecule has 0 saturated carbocycles. The van der Waals surface area contributed by atoms with Crippen molar-refractivity contribution in [2.75, 3.05) is 20.1 Å². The molecule has 1 fully saturated rings. The SMILES string of the molecule is CN(CCN1C(=O)NC(C)(C)C1=O)Cc1nccn1C(F)F. The molecule has 0 atom stereocenters. The van der Waals surface area contributed by atoms with E-state index in [1.807, 2.05) is 0 Å². The average Bonchev–Trinajstić information content (AvgIpc) is 2.92. The predicted octanol–water partition coefficient (Wildman–Crippen LogP) is 1.04. The third kappa shape index (κ3) is 3.24. The summed E-state index contributed by atoms with van der Waals surface area (Å²) in [5.41, 5.74) is -0.901. The van der Waals surface area contributed by atoms with Gasteiger partial charge in [0.05, 0.1) is 6.54 Å². The second-order valence-electron chi connectivity index (χ2n) is 5.78. The summed E-state index contributed by atoms with van der Waals surface area (Å²) in [6, 6.07) is -0.433. The van der Waals surface area contributed by atoms with Crippen LogP contribution in [0, 0.1) is 0 Å². The molecule has 2 heterocycles. The van der Waals surface area contributed by atoms with Gasteiger partial charge < -0.3 is 5.32 Å². The molecule has 1 aromatic rings. The summed E-state index contributed by atoms with van der Waals surface area (Å²) in [4.78, 5) is 30.5. The number of imidazole rings is 1. The number of hydrogen-bond donors (Lipinski definition) is 1. The van der Waals surface area contributed by atoms with Gasteiger partial charge in [0.15, 0.2) is 0 Å². The number of alkyl halides is 2. The van der Waals surface area contributed by atoms with Gasteiger partial charge in [-0.15, -0.1) is 0 Å². The van der Waals surface area contributed by atoms with Crippen LogP contribution >= 0.6 is 0 Å². The number of likely N-dealkylation sites (N-methyl/N-ethyl adjacent to an activating group) is 1. The van der Waals surface area contributed by atoms with Crippen molar-refractivity contribution in [3.63, 3.8) is 0 Å². The first-order valence-electron chi connectivity index (χ1n) is 6.85. The van der Waals surface area contributed by atoms with E-state index in [0.717, 1.165) is 9.47 Å². The number of amides is 3. The van der Waals surface area contributed by atoms with Crippen LogP contribution in [0.15, 0.2) is 12.4 Å². The van der Waals surface area contributed by atoms with Crippen LogP contribution in [0.5, 0.6) is 0 Å². The van der Waals surface area contributed by atoms with Crippen LogP contribution in [-0.2, 0) is 11.3 Å². The third-order valence-electron chi connectivity index (χ3n) is 3.52. The Hall–Kier alpha value is -2.03. The maximum atomic E-state index is 12.7. The van der Waals surface area contributed by atoms with Gasteiger partial charge in [-0.2, -0.15) is 8.78 Å². The van der Waals surface area contributed by atoms with Crippen molar-refractivity contribution in [1.29, 1.82) is 0 Å². The number of urea groups is 1. The molecule has 1 aliphatic heterocycles. The Labute approximate surface area is 126 Å². The highest BCUT2D eigenvalue weighted by Gasteiger charge is 2.43. The Morgan fingerprint density at radius 3 is 2.64 bits per heavy atom. The third-order valence-corrected chi connectivity index (χ3v) is 3.52.